The third-order valence-electron chi connectivity index (χ3n) is 2.34. The fraction of sp³-hybridized carbons (Fsp3) is 0.889. The van der Waals surface area contributed by atoms with E-state index in [-0.39, 0.29) is 11.6 Å². The number of halogens is 1. The van der Waals surface area contributed by atoms with E-state index in [1.807, 2.05) is 0 Å². The van der Waals surface area contributed by atoms with Gasteiger partial charge in [0.25, 0.3) is 0 Å². The minimum Gasteiger partial charge on any atom is -0.458 e. The Morgan fingerprint density at radius 3 is 2.83 bits per heavy atom. The zero-order chi connectivity index (χ0) is 9.03. The van der Waals surface area contributed by atoms with Crippen molar-refractivity contribution in [3.63, 3.8) is 0 Å². The molecule has 1 aliphatic heterocycles. The summed E-state index contributed by atoms with van der Waals surface area (Å²) in [6.07, 6.45) is 4.92. The summed E-state index contributed by atoms with van der Waals surface area (Å²) < 4.78 is 6.29. The first-order valence-corrected chi connectivity index (χ1v) is 6.03. The molecule has 0 radical (unpaired) electrons. The standard InChI is InChI=1S/C9H15IO2/c1-2-3-5-9(7-10)6-4-8(11)12-9/h2-7H2,1H3/t9-/m0/s1. The summed E-state index contributed by atoms with van der Waals surface area (Å²) >= 11 is 2.31. The average Bonchev–Trinajstić information content (AvgIpc) is 2.45. The van der Waals surface area contributed by atoms with Crippen molar-refractivity contribution in [1.29, 1.82) is 0 Å². The summed E-state index contributed by atoms with van der Waals surface area (Å²) in [5.74, 6) is -0.0113. The highest BCUT2D eigenvalue weighted by atomic mass is 127. The Morgan fingerprint density at radius 2 is 2.42 bits per heavy atom. The molecule has 0 spiro atoms. The van der Waals surface area contributed by atoms with Crippen LogP contribution in [0.2, 0.25) is 0 Å². The SMILES string of the molecule is CCCC[C@@]1(CI)CCC(=O)O1. The lowest BCUT2D eigenvalue weighted by atomic mass is 9.96. The van der Waals surface area contributed by atoms with E-state index in [0.29, 0.717) is 6.42 Å². The number of esters is 1. The monoisotopic (exact) mass is 282 g/mol. The number of rotatable bonds is 4. The molecule has 0 aliphatic carbocycles. The average molecular weight is 282 g/mol. The third kappa shape index (κ3) is 2.34. The number of alkyl halides is 1. The molecule has 0 N–H and O–H groups in total. The molecular formula is C9H15IO2. The quantitative estimate of drug-likeness (QED) is 0.450. The fourth-order valence-corrected chi connectivity index (χ4v) is 2.43. The molecular weight excluding hydrogens is 267 g/mol. The maximum Gasteiger partial charge on any atom is 0.306 e. The van der Waals surface area contributed by atoms with Gasteiger partial charge in [-0.3, -0.25) is 4.79 Å². The first-order valence-electron chi connectivity index (χ1n) is 4.50. The van der Waals surface area contributed by atoms with Gasteiger partial charge in [0.05, 0.1) is 0 Å². The van der Waals surface area contributed by atoms with Crippen molar-refractivity contribution in [3.05, 3.63) is 0 Å². The Morgan fingerprint density at radius 1 is 1.67 bits per heavy atom. The van der Waals surface area contributed by atoms with Crippen LogP contribution in [0, 0.1) is 0 Å². The molecule has 0 aromatic rings. The zero-order valence-corrected chi connectivity index (χ0v) is 9.59. The van der Waals surface area contributed by atoms with Gasteiger partial charge in [-0.1, -0.05) is 35.9 Å². The number of hydrogen-bond acceptors (Lipinski definition) is 2. The molecule has 0 amide bonds. The van der Waals surface area contributed by atoms with Crippen LogP contribution in [0.5, 0.6) is 0 Å². The summed E-state index contributed by atoms with van der Waals surface area (Å²) in [5.41, 5.74) is -0.104. The smallest absolute Gasteiger partial charge is 0.306 e. The fourth-order valence-electron chi connectivity index (χ4n) is 1.51. The summed E-state index contributed by atoms with van der Waals surface area (Å²) in [5, 5.41) is 0. The van der Waals surface area contributed by atoms with Crippen molar-refractivity contribution in [1.82, 2.24) is 0 Å². The van der Waals surface area contributed by atoms with Gasteiger partial charge in [0, 0.05) is 10.8 Å². The van der Waals surface area contributed by atoms with Crippen LogP contribution in [0.3, 0.4) is 0 Å². The number of ether oxygens (including phenoxy) is 1. The molecule has 12 heavy (non-hydrogen) atoms. The highest BCUT2D eigenvalue weighted by Crippen LogP contribution is 2.33. The predicted octanol–water partition coefficient (Wildman–Crippen LogP) is 2.69. The lowest BCUT2D eigenvalue weighted by Crippen LogP contribution is -2.30. The predicted molar refractivity (Wildman–Crippen MR) is 56.5 cm³/mol. The van der Waals surface area contributed by atoms with E-state index in [4.69, 9.17) is 4.74 Å². The van der Waals surface area contributed by atoms with E-state index in [1.165, 1.54) is 6.42 Å². The highest BCUT2D eigenvalue weighted by Gasteiger charge is 2.38. The Hall–Kier alpha value is 0.200. The summed E-state index contributed by atoms with van der Waals surface area (Å²) in [4.78, 5) is 11.0. The molecule has 0 aromatic carbocycles. The van der Waals surface area contributed by atoms with Gasteiger partial charge in [-0.15, -0.1) is 0 Å². The molecule has 1 atom stereocenters. The molecule has 70 valence electrons. The largest absolute Gasteiger partial charge is 0.458 e. The van der Waals surface area contributed by atoms with E-state index in [1.54, 1.807) is 0 Å². The second kappa shape index (κ2) is 4.44. The number of unbranched alkanes of at least 4 members (excludes halogenated alkanes) is 1. The van der Waals surface area contributed by atoms with Crippen LogP contribution >= 0.6 is 22.6 Å². The molecule has 1 aliphatic rings. The molecule has 1 rings (SSSR count). The highest BCUT2D eigenvalue weighted by molar-refractivity contribution is 14.1. The summed E-state index contributed by atoms with van der Waals surface area (Å²) in [6, 6.07) is 0. The van der Waals surface area contributed by atoms with Crippen LogP contribution in [0.15, 0.2) is 0 Å². The van der Waals surface area contributed by atoms with Gasteiger partial charge in [0.1, 0.15) is 5.60 Å². The Kier molecular flexibility index (Phi) is 3.80. The lowest BCUT2D eigenvalue weighted by molar-refractivity contribution is -0.147. The Labute approximate surface area is 87.2 Å². The van der Waals surface area contributed by atoms with Crippen molar-refractivity contribution >= 4 is 28.6 Å². The number of hydrogen-bond donors (Lipinski definition) is 0. The number of carbonyl (C=O) groups excluding carboxylic acids is 1. The van der Waals surface area contributed by atoms with Crippen LogP contribution in [0.1, 0.15) is 39.0 Å². The Balaban J connectivity index is 2.46. The van der Waals surface area contributed by atoms with E-state index >= 15 is 0 Å². The normalized spacial score (nSPS) is 29.0. The maximum absolute atomic E-state index is 11.0. The first kappa shape index (κ1) is 10.3. The van der Waals surface area contributed by atoms with Crippen LogP contribution in [0.4, 0.5) is 0 Å². The molecule has 0 bridgehead atoms. The van der Waals surface area contributed by atoms with Crippen LogP contribution in [-0.2, 0) is 9.53 Å². The molecule has 0 aromatic heterocycles. The van der Waals surface area contributed by atoms with E-state index in [9.17, 15) is 4.79 Å². The number of carbonyl (C=O) groups is 1. The van der Waals surface area contributed by atoms with Crippen molar-refractivity contribution < 1.29 is 9.53 Å². The molecule has 1 heterocycles. The minimum atomic E-state index is -0.104. The van der Waals surface area contributed by atoms with Crippen LogP contribution in [0.25, 0.3) is 0 Å². The molecule has 2 nitrogen and oxygen atoms in total. The molecule has 0 unspecified atom stereocenters. The van der Waals surface area contributed by atoms with Crippen LogP contribution in [-0.4, -0.2) is 16.0 Å². The van der Waals surface area contributed by atoms with Gasteiger partial charge in [0.15, 0.2) is 0 Å². The van der Waals surface area contributed by atoms with Crippen molar-refractivity contribution in [2.75, 3.05) is 4.43 Å². The van der Waals surface area contributed by atoms with Gasteiger partial charge in [0.2, 0.25) is 0 Å². The topological polar surface area (TPSA) is 26.3 Å². The van der Waals surface area contributed by atoms with Gasteiger partial charge >= 0.3 is 5.97 Å². The van der Waals surface area contributed by atoms with Crippen molar-refractivity contribution in [2.45, 2.75) is 44.6 Å². The van der Waals surface area contributed by atoms with E-state index in [0.717, 1.165) is 23.7 Å². The third-order valence-corrected chi connectivity index (χ3v) is 3.73. The van der Waals surface area contributed by atoms with Crippen molar-refractivity contribution in [2.24, 2.45) is 0 Å². The second-order valence-corrected chi connectivity index (χ2v) is 4.16. The minimum absolute atomic E-state index is 0.0113. The molecule has 3 heteroatoms. The molecule has 0 saturated carbocycles. The lowest BCUT2D eigenvalue weighted by Gasteiger charge is -2.24. The van der Waals surface area contributed by atoms with Crippen molar-refractivity contribution in [3.8, 4) is 0 Å². The molecule has 1 fully saturated rings. The van der Waals surface area contributed by atoms with Gasteiger partial charge in [-0.2, -0.15) is 0 Å². The number of cyclic esters (lactones) is 1. The zero-order valence-electron chi connectivity index (χ0n) is 7.44. The van der Waals surface area contributed by atoms with E-state index in [2.05, 4.69) is 29.5 Å². The van der Waals surface area contributed by atoms with E-state index < -0.39 is 0 Å². The van der Waals surface area contributed by atoms with Gasteiger partial charge in [-0.25, -0.2) is 0 Å². The van der Waals surface area contributed by atoms with Gasteiger partial charge < -0.3 is 4.74 Å². The Bertz CT molecular complexity index is 170. The molecule has 1 saturated heterocycles. The summed E-state index contributed by atoms with van der Waals surface area (Å²) in [7, 11) is 0. The first-order chi connectivity index (χ1) is 5.72. The summed E-state index contributed by atoms with van der Waals surface area (Å²) in [6.45, 7) is 2.16. The maximum atomic E-state index is 11.0. The second-order valence-electron chi connectivity index (χ2n) is 3.39. The van der Waals surface area contributed by atoms with Gasteiger partial charge in [-0.05, 0) is 19.3 Å². The van der Waals surface area contributed by atoms with Crippen LogP contribution < -0.4 is 0 Å².